The van der Waals surface area contributed by atoms with Gasteiger partial charge < -0.3 is 19.1 Å². The van der Waals surface area contributed by atoms with Crippen molar-refractivity contribution in [1.82, 2.24) is 30.3 Å². The first kappa shape index (κ1) is 32.1. The molecule has 5 rings (SSSR count). The number of likely N-dealkylation sites (tertiary alicyclic amines) is 1. The van der Waals surface area contributed by atoms with Crippen LogP contribution in [0.3, 0.4) is 0 Å². The van der Waals surface area contributed by atoms with Crippen molar-refractivity contribution >= 4 is 17.7 Å². The van der Waals surface area contributed by atoms with E-state index in [1.165, 1.54) is 29.2 Å². The molecule has 0 radical (unpaired) electrons. The molecule has 13 nitrogen and oxygen atoms in total. The number of Topliss-reactive ketones (excluding diaryl/α,β-unsaturated/α-hetero) is 1. The summed E-state index contributed by atoms with van der Waals surface area (Å²) in [4.78, 5) is 49.6. The Balaban J connectivity index is 0.000000285. The van der Waals surface area contributed by atoms with Gasteiger partial charge >= 0.3 is 5.97 Å². The summed E-state index contributed by atoms with van der Waals surface area (Å²) < 4.78 is 15.7. The Labute approximate surface area is 254 Å². The highest BCUT2D eigenvalue weighted by Crippen LogP contribution is 2.36. The van der Waals surface area contributed by atoms with Crippen molar-refractivity contribution < 1.29 is 28.2 Å². The summed E-state index contributed by atoms with van der Waals surface area (Å²) in [6.07, 6.45) is 4.34. The van der Waals surface area contributed by atoms with Crippen molar-refractivity contribution in [2.75, 3.05) is 13.7 Å². The Morgan fingerprint density at radius 3 is 2.20 bits per heavy atom. The number of hydrogen-bond donors (Lipinski definition) is 2. The van der Waals surface area contributed by atoms with Gasteiger partial charge in [0.25, 0.3) is 11.5 Å². The predicted octanol–water partition coefficient (Wildman–Crippen LogP) is 4.01. The van der Waals surface area contributed by atoms with Gasteiger partial charge in [0.05, 0.1) is 24.7 Å². The number of ether oxygens (including phenoxy) is 1. The van der Waals surface area contributed by atoms with Gasteiger partial charge in [0.2, 0.25) is 11.5 Å². The van der Waals surface area contributed by atoms with E-state index in [0.717, 1.165) is 12.8 Å². The average Bonchev–Trinajstić information content (AvgIpc) is 3.75. The van der Waals surface area contributed by atoms with Gasteiger partial charge in [0, 0.05) is 40.9 Å². The second kappa shape index (κ2) is 13.2. The third-order valence-electron chi connectivity index (χ3n) is 7.78. The number of esters is 1. The molecule has 1 saturated heterocycles. The molecule has 1 aromatic carbocycles. The van der Waals surface area contributed by atoms with Gasteiger partial charge in [0.15, 0.2) is 5.76 Å². The average molecular weight is 607 g/mol. The first-order chi connectivity index (χ1) is 20.8. The van der Waals surface area contributed by atoms with Crippen LogP contribution < -0.4 is 10.9 Å². The number of benzene rings is 1. The lowest BCUT2D eigenvalue weighted by molar-refractivity contribution is -0.142. The monoisotopic (exact) mass is 606 g/mol. The number of piperidine rings is 1. The summed E-state index contributed by atoms with van der Waals surface area (Å²) in [5.41, 5.74) is 1.51. The van der Waals surface area contributed by atoms with Crippen molar-refractivity contribution in [3.8, 4) is 17.1 Å². The molecule has 4 heterocycles. The normalized spacial score (nSPS) is 16.0. The van der Waals surface area contributed by atoms with Crippen LogP contribution in [0.2, 0.25) is 0 Å². The fourth-order valence-electron chi connectivity index (χ4n) is 5.36. The fourth-order valence-corrected chi connectivity index (χ4v) is 5.36. The van der Waals surface area contributed by atoms with Gasteiger partial charge in [-0.2, -0.15) is 0 Å². The smallest absolute Gasteiger partial charge is 0.313 e. The number of nitrogens with one attached hydrogen (secondary N) is 2. The fraction of sp³-hybridized carbons (Fsp3) is 0.419. The third-order valence-corrected chi connectivity index (χ3v) is 7.78. The number of aromatic nitrogens is 4. The summed E-state index contributed by atoms with van der Waals surface area (Å²) in [5, 5.41) is 13.2. The Morgan fingerprint density at radius 1 is 1.00 bits per heavy atom. The minimum atomic E-state index is -0.552. The molecule has 0 saturated carbocycles. The summed E-state index contributed by atoms with van der Waals surface area (Å²) in [7, 11) is 2.15. The Bertz CT molecular complexity index is 1600. The molecule has 3 aromatic heterocycles. The van der Waals surface area contributed by atoms with Crippen molar-refractivity contribution in [3.05, 3.63) is 76.5 Å². The molecule has 13 heteroatoms. The van der Waals surface area contributed by atoms with E-state index in [1.54, 1.807) is 37.3 Å². The van der Waals surface area contributed by atoms with Crippen molar-refractivity contribution in [1.29, 1.82) is 0 Å². The highest BCUT2D eigenvalue weighted by Gasteiger charge is 2.43. The number of carbonyl (C=O) groups is 3. The molecule has 1 aliphatic heterocycles. The van der Waals surface area contributed by atoms with Crippen LogP contribution in [0.1, 0.15) is 74.8 Å². The molecule has 0 aliphatic carbocycles. The maximum Gasteiger partial charge on any atom is 0.313 e. The number of nitrogens with zero attached hydrogens (tertiary/aromatic N) is 4. The van der Waals surface area contributed by atoms with Gasteiger partial charge in [0.1, 0.15) is 12.1 Å². The molecule has 1 aliphatic rings. The van der Waals surface area contributed by atoms with Crippen molar-refractivity contribution in [3.63, 3.8) is 0 Å². The van der Waals surface area contributed by atoms with E-state index in [4.69, 9.17) is 4.52 Å². The lowest BCUT2D eigenvalue weighted by Gasteiger charge is -2.53. The van der Waals surface area contributed by atoms with Gasteiger partial charge in [-0.25, -0.2) is 4.68 Å². The van der Waals surface area contributed by atoms with Crippen LogP contribution >= 0.6 is 0 Å². The number of amides is 1. The molecular formula is C31H38N6O7. The van der Waals surface area contributed by atoms with Gasteiger partial charge in [-0.05, 0) is 78.8 Å². The molecule has 0 bridgehead atoms. The van der Waals surface area contributed by atoms with Gasteiger partial charge in [-0.15, -0.1) is 0 Å². The molecule has 44 heavy (non-hydrogen) atoms. The SMILES string of the molecule is CCOC(=O)CC(=O)c1ccno1.CN1C(C)(C)CC(NC(=O)c2ccc(-n3[nH]c(-c4ccno4)cc3=O)cc2)CC1(C)C. The van der Waals surface area contributed by atoms with Crippen LogP contribution in [-0.2, 0) is 9.53 Å². The Hall–Kier alpha value is -4.78. The highest BCUT2D eigenvalue weighted by atomic mass is 16.5. The first-order valence-electron chi connectivity index (χ1n) is 14.3. The van der Waals surface area contributed by atoms with E-state index < -0.39 is 11.8 Å². The molecular weight excluding hydrogens is 568 g/mol. The van der Waals surface area contributed by atoms with E-state index in [0.29, 0.717) is 22.7 Å². The molecule has 1 fully saturated rings. The quantitative estimate of drug-likeness (QED) is 0.170. The summed E-state index contributed by atoms with van der Waals surface area (Å²) in [5.74, 6) is -0.516. The van der Waals surface area contributed by atoms with E-state index in [9.17, 15) is 19.2 Å². The molecule has 234 valence electrons. The van der Waals surface area contributed by atoms with E-state index in [-0.39, 0.29) is 47.4 Å². The van der Waals surface area contributed by atoms with Crippen LogP contribution in [0.25, 0.3) is 17.1 Å². The molecule has 1 amide bonds. The van der Waals surface area contributed by atoms with E-state index >= 15 is 0 Å². The van der Waals surface area contributed by atoms with Crippen LogP contribution in [0.5, 0.6) is 0 Å². The first-order valence-corrected chi connectivity index (χ1v) is 14.3. The lowest BCUT2D eigenvalue weighted by atomic mass is 9.77. The molecule has 0 atom stereocenters. The van der Waals surface area contributed by atoms with Gasteiger partial charge in [-0.1, -0.05) is 10.3 Å². The minimum Gasteiger partial charge on any atom is -0.466 e. The molecule has 2 N–H and O–H groups in total. The number of H-pyrrole nitrogens is 1. The number of aromatic amines is 1. The maximum atomic E-state index is 12.9. The third kappa shape index (κ3) is 7.59. The summed E-state index contributed by atoms with van der Waals surface area (Å²) in [6, 6.07) is 11.6. The van der Waals surface area contributed by atoms with Gasteiger partial charge in [-0.3, -0.25) is 29.2 Å². The summed E-state index contributed by atoms with van der Waals surface area (Å²) in [6.45, 7) is 10.8. The van der Waals surface area contributed by atoms with Crippen LogP contribution in [0, 0.1) is 0 Å². The molecule has 4 aromatic rings. The van der Waals surface area contributed by atoms with Crippen molar-refractivity contribution in [2.24, 2.45) is 0 Å². The maximum absolute atomic E-state index is 12.9. The highest BCUT2D eigenvalue weighted by molar-refractivity contribution is 6.04. The van der Waals surface area contributed by atoms with Crippen LogP contribution in [0.15, 0.2) is 68.7 Å². The summed E-state index contributed by atoms with van der Waals surface area (Å²) >= 11 is 0. The molecule has 0 unspecified atom stereocenters. The Morgan fingerprint density at radius 2 is 1.64 bits per heavy atom. The second-order valence-electron chi connectivity index (χ2n) is 11.8. The predicted molar refractivity (Wildman–Crippen MR) is 160 cm³/mol. The zero-order chi connectivity index (χ0) is 32.1. The lowest BCUT2D eigenvalue weighted by Crippen LogP contribution is -2.62. The van der Waals surface area contributed by atoms with Crippen LogP contribution in [0.4, 0.5) is 0 Å². The Kier molecular flexibility index (Phi) is 9.68. The molecule has 0 spiro atoms. The zero-order valence-electron chi connectivity index (χ0n) is 25.7. The number of ketones is 1. The number of carbonyl (C=O) groups excluding carboxylic acids is 3. The second-order valence-corrected chi connectivity index (χ2v) is 11.8. The number of rotatable bonds is 8. The van der Waals surface area contributed by atoms with Crippen LogP contribution in [-0.4, -0.2) is 73.4 Å². The zero-order valence-corrected chi connectivity index (χ0v) is 25.7. The number of hydrogen-bond acceptors (Lipinski definition) is 10. The minimum absolute atomic E-state index is 0.000439. The largest absolute Gasteiger partial charge is 0.466 e. The topological polar surface area (TPSA) is 166 Å². The standard InChI is InChI=1S/C23H29N5O3.C8H9NO4/c1-22(2)13-16(14-23(3,4)27(22)5)25-21(30)15-6-8-17(9-7-15)28-20(29)12-18(26-28)19-10-11-24-31-19;1-2-12-8(11)5-6(10)7-3-4-9-13-7/h6-12,16,26H,13-14H2,1-5H3,(H,25,30);3-4H,2,5H2,1H3. The van der Waals surface area contributed by atoms with E-state index in [2.05, 4.69) is 69.6 Å². The van der Waals surface area contributed by atoms with E-state index in [1.807, 2.05) is 0 Å². The van der Waals surface area contributed by atoms with Crippen molar-refractivity contribution in [2.45, 2.75) is 71.0 Å².